The Morgan fingerprint density at radius 1 is 1.21 bits per heavy atom. The van der Waals surface area contributed by atoms with E-state index in [4.69, 9.17) is 6.42 Å². The predicted octanol–water partition coefficient (Wildman–Crippen LogP) is 2.81. The van der Waals surface area contributed by atoms with E-state index < -0.39 is 0 Å². The molecule has 0 amide bonds. The van der Waals surface area contributed by atoms with Gasteiger partial charge in [0.05, 0.1) is 6.04 Å². The number of terminal acetylenes is 1. The Labute approximate surface area is 88.7 Å². The van der Waals surface area contributed by atoms with Crippen molar-refractivity contribution in [2.75, 3.05) is 0 Å². The summed E-state index contributed by atoms with van der Waals surface area (Å²) in [6, 6.07) is 0.870. The van der Waals surface area contributed by atoms with Gasteiger partial charge in [0.25, 0.3) is 0 Å². The quantitative estimate of drug-likeness (QED) is 0.680. The monoisotopic (exact) mass is 193 g/mol. The molecule has 1 nitrogen and oxygen atoms in total. The van der Waals surface area contributed by atoms with Gasteiger partial charge in [-0.1, -0.05) is 32.6 Å². The Morgan fingerprint density at radius 3 is 2.43 bits per heavy atom. The van der Waals surface area contributed by atoms with Crippen LogP contribution in [-0.2, 0) is 0 Å². The third-order valence-electron chi connectivity index (χ3n) is 3.39. The second kappa shape index (κ2) is 5.41. The highest BCUT2D eigenvalue weighted by Gasteiger charge is 2.27. The van der Waals surface area contributed by atoms with Gasteiger partial charge in [0.15, 0.2) is 0 Å². The smallest absolute Gasteiger partial charge is 0.0660 e. The molecule has 1 heteroatoms. The summed E-state index contributed by atoms with van der Waals surface area (Å²) in [5, 5.41) is 3.56. The highest BCUT2D eigenvalue weighted by Crippen LogP contribution is 2.30. The molecule has 1 aliphatic rings. The first kappa shape index (κ1) is 11.6. The summed E-state index contributed by atoms with van der Waals surface area (Å²) >= 11 is 0. The van der Waals surface area contributed by atoms with Crippen LogP contribution in [0, 0.1) is 24.2 Å². The fourth-order valence-corrected chi connectivity index (χ4v) is 2.53. The Morgan fingerprint density at radius 2 is 1.86 bits per heavy atom. The number of nitrogens with one attached hydrogen (secondary N) is 1. The Balaban J connectivity index is 2.50. The third-order valence-corrected chi connectivity index (χ3v) is 3.39. The molecule has 0 aromatic heterocycles. The lowest BCUT2D eigenvalue weighted by molar-refractivity contribution is 0.202. The van der Waals surface area contributed by atoms with Crippen molar-refractivity contribution in [1.82, 2.24) is 5.32 Å². The summed E-state index contributed by atoms with van der Waals surface area (Å²) < 4.78 is 0. The molecule has 1 N–H and O–H groups in total. The molecule has 14 heavy (non-hydrogen) atoms. The molecule has 1 rings (SSSR count). The van der Waals surface area contributed by atoms with E-state index in [0.717, 1.165) is 11.8 Å². The maximum absolute atomic E-state index is 5.40. The number of rotatable bonds is 3. The Hall–Kier alpha value is -0.480. The lowest BCUT2D eigenvalue weighted by Crippen LogP contribution is -2.44. The van der Waals surface area contributed by atoms with Crippen LogP contribution in [0.15, 0.2) is 0 Å². The molecule has 0 saturated heterocycles. The van der Waals surface area contributed by atoms with E-state index in [1.165, 1.54) is 25.7 Å². The van der Waals surface area contributed by atoms with Crippen LogP contribution in [0.4, 0.5) is 0 Å². The summed E-state index contributed by atoms with van der Waals surface area (Å²) in [5.74, 6) is 4.36. The molecular formula is C13H23N. The molecule has 80 valence electrons. The highest BCUT2D eigenvalue weighted by atomic mass is 14.9. The van der Waals surface area contributed by atoms with Gasteiger partial charge in [-0.05, 0) is 31.6 Å². The minimum Gasteiger partial charge on any atom is -0.301 e. The average Bonchev–Trinajstić information content (AvgIpc) is 2.18. The fourth-order valence-electron chi connectivity index (χ4n) is 2.53. The van der Waals surface area contributed by atoms with E-state index in [0.29, 0.717) is 6.04 Å². The molecule has 0 bridgehead atoms. The molecule has 0 aromatic rings. The van der Waals surface area contributed by atoms with Crippen molar-refractivity contribution in [2.24, 2.45) is 11.8 Å². The first-order chi connectivity index (χ1) is 6.65. The van der Waals surface area contributed by atoms with E-state index in [2.05, 4.69) is 32.0 Å². The zero-order chi connectivity index (χ0) is 10.6. The zero-order valence-corrected chi connectivity index (χ0v) is 9.72. The molecule has 3 atom stereocenters. The van der Waals surface area contributed by atoms with Crippen LogP contribution in [0.1, 0.15) is 46.5 Å². The largest absolute Gasteiger partial charge is 0.301 e. The highest BCUT2D eigenvalue weighted by molar-refractivity contribution is 4.98. The van der Waals surface area contributed by atoms with Gasteiger partial charge in [0, 0.05) is 6.04 Å². The van der Waals surface area contributed by atoms with Crippen molar-refractivity contribution in [3.63, 3.8) is 0 Å². The van der Waals surface area contributed by atoms with Crippen molar-refractivity contribution >= 4 is 0 Å². The van der Waals surface area contributed by atoms with E-state index in [-0.39, 0.29) is 6.04 Å². The van der Waals surface area contributed by atoms with Crippen molar-refractivity contribution in [1.29, 1.82) is 0 Å². The molecule has 3 unspecified atom stereocenters. The topological polar surface area (TPSA) is 12.0 Å². The van der Waals surface area contributed by atoms with Crippen LogP contribution in [-0.4, -0.2) is 12.1 Å². The van der Waals surface area contributed by atoms with Gasteiger partial charge in [-0.25, -0.2) is 0 Å². The van der Waals surface area contributed by atoms with Crippen molar-refractivity contribution in [2.45, 2.75) is 58.5 Å². The van der Waals surface area contributed by atoms with Gasteiger partial charge >= 0.3 is 0 Å². The van der Waals surface area contributed by atoms with Crippen molar-refractivity contribution < 1.29 is 0 Å². The average molecular weight is 193 g/mol. The molecule has 1 aliphatic carbocycles. The second-order valence-electron chi connectivity index (χ2n) is 4.85. The van der Waals surface area contributed by atoms with Crippen LogP contribution in [0.25, 0.3) is 0 Å². The first-order valence-electron chi connectivity index (χ1n) is 5.87. The number of hydrogen-bond donors (Lipinski definition) is 1. The summed E-state index contributed by atoms with van der Waals surface area (Å²) in [7, 11) is 0. The van der Waals surface area contributed by atoms with Gasteiger partial charge in [-0.3, -0.25) is 0 Å². The summed E-state index contributed by atoms with van der Waals surface area (Å²) in [6.07, 6.45) is 10.8. The molecule has 0 aromatic carbocycles. The summed E-state index contributed by atoms with van der Waals surface area (Å²) in [5.41, 5.74) is 0. The maximum atomic E-state index is 5.40. The Bertz CT molecular complexity index is 202. The molecule has 0 aliphatic heterocycles. The van der Waals surface area contributed by atoms with Crippen LogP contribution >= 0.6 is 0 Å². The lowest BCUT2D eigenvalue weighted by atomic mass is 9.77. The summed E-state index contributed by atoms with van der Waals surface area (Å²) in [6.45, 7) is 6.72. The minimum absolute atomic E-state index is 0.222. The maximum Gasteiger partial charge on any atom is 0.0660 e. The molecule has 1 fully saturated rings. The molecular weight excluding hydrogens is 170 g/mol. The normalized spacial score (nSPS) is 29.9. The second-order valence-corrected chi connectivity index (χ2v) is 4.85. The predicted molar refractivity (Wildman–Crippen MR) is 62.0 cm³/mol. The van der Waals surface area contributed by atoms with E-state index >= 15 is 0 Å². The molecule has 0 heterocycles. The first-order valence-corrected chi connectivity index (χ1v) is 5.87. The molecule has 0 spiro atoms. The molecule has 1 saturated carbocycles. The SMILES string of the molecule is C#CC(C)NC1CCCCC1C(C)C. The minimum atomic E-state index is 0.222. The molecule has 0 radical (unpaired) electrons. The van der Waals surface area contributed by atoms with Crippen LogP contribution in [0.5, 0.6) is 0 Å². The van der Waals surface area contributed by atoms with E-state index in [9.17, 15) is 0 Å². The third kappa shape index (κ3) is 3.03. The van der Waals surface area contributed by atoms with Gasteiger partial charge in [-0.2, -0.15) is 0 Å². The van der Waals surface area contributed by atoms with Crippen LogP contribution in [0.2, 0.25) is 0 Å². The van der Waals surface area contributed by atoms with Gasteiger partial charge in [-0.15, -0.1) is 6.42 Å². The van der Waals surface area contributed by atoms with E-state index in [1.54, 1.807) is 0 Å². The van der Waals surface area contributed by atoms with Gasteiger partial charge < -0.3 is 5.32 Å². The zero-order valence-electron chi connectivity index (χ0n) is 9.72. The number of hydrogen-bond acceptors (Lipinski definition) is 1. The fraction of sp³-hybridized carbons (Fsp3) is 0.846. The summed E-state index contributed by atoms with van der Waals surface area (Å²) in [4.78, 5) is 0. The van der Waals surface area contributed by atoms with Crippen molar-refractivity contribution in [3.05, 3.63) is 0 Å². The van der Waals surface area contributed by atoms with Crippen LogP contribution < -0.4 is 5.32 Å². The van der Waals surface area contributed by atoms with Gasteiger partial charge in [0.1, 0.15) is 0 Å². The lowest BCUT2D eigenvalue weighted by Gasteiger charge is -2.36. The van der Waals surface area contributed by atoms with Crippen molar-refractivity contribution in [3.8, 4) is 12.3 Å². The standard InChI is InChI=1S/C13H23N/c1-5-11(4)14-13-9-7-6-8-12(13)10(2)3/h1,10-14H,6-9H2,2-4H3. The van der Waals surface area contributed by atoms with Crippen LogP contribution in [0.3, 0.4) is 0 Å². The van der Waals surface area contributed by atoms with E-state index in [1.807, 2.05) is 0 Å². The van der Waals surface area contributed by atoms with Gasteiger partial charge in [0.2, 0.25) is 0 Å². The Kier molecular flexibility index (Phi) is 4.48.